The molecule has 5 rings (SSSR count). The van der Waals surface area contributed by atoms with E-state index in [1.54, 1.807) is 10.7 Å². The van der Waals surface area contributed by atoms with E-state index in [4.69, 9.17) is 26.0 Å². The molecule has 1 N–H and O–H groups in total. The number of nitrogens with zero attached hydrogens (tertiary/aromatic N) is 6. The van der Waals surface area contributed by atoms with Gasteiger partial charge in [0.2, 0.25) is 5.95 Å². The molecule has 3 heterocycles. The van der Waals surface area contributed by atoms with Crippen LogP contribution in [0.3, 0.4) is 0 Å². The lowest BCUT2D eigenvalue weighted by atomic mass is 9.92. The van der Waals surface area contributed by atoms with Crippen molar-refractivity contribution < 1.29 is 9.26 Å². The molecular formula is C22H28ClN7O2. The van der Waals surface area contributed by atoms with Crippen LogP contribution in [0, 0.1) is 25.7 Å². The number of halogens is 1. The van der Waals surface area contributed by atoms with Gasteiger partial charge in [0, 0.05) is 24.2 Å². The van der Waals surface area contributed by atoms with E-state index >= 15 is 0 Å². The largest absolute Gasteiger partial charge is 0.424 e. The van der Waals surface area contributed by atoms with Crippen molar-refractivity contribution in [1.29, 1.82) is 0 Å². The van der Waals surface area contributed by atoms with Crippen LogP contribution in [0.1, 0.15) is 44.1 Å². The van der Waals surface area contributed by atoms with Crippen LogP contribution in [0.4, 0.5) is 12.0 Å². The average molecular weight is 458 g/mol. The maximum atomic E-state index is 6.19. The lowest BCUT2D eigenvalue weighted by Gasteiger charge is -2.37. The van der Waals surface area contributed by atoms with Crippen molar-refractivity contribution >= 4 is 23.6 Å². The van der Waals surface area contributed by atoms with Crippen molar-refractivity contribution in [2.45, 2.75) is 52.6 Å². The number of benzene rings is 1. The molecule has 2 atom stereocenters. The zero-order chi connectivity index (χ0) is 22.4. The number of aromatic nitrogens is 5. The Hall–Kier alpha value is -2.81. The van der Waals surface area contributed by atoms with Crippen molar-refractivity contribution in [3.05, 3.63) is 34.6 Å². The Bertz CT molecular complexity index is 1080. The second-order valence-corrected chi connectivity index (χ2v) is 9.56. The van der Waals surface area contributed by atoms with Gasteiger partial charge in [-0.3, -0.25) is 0 Å². The minimum Gasteiger partial charge on any atom is -0.424 e. The molecule has 3 aromatic rings. The Morgan fingerprint density at radius 1 is 1.12 bits per heavy atom. The van der Waals surface area contributed by atoms with Crippen LogP contribution in [0.5, 0.6) is 11.8 Å². The maximum Gasteiger partial charge on any atom is 0.324 e. The number of fused-ring (bicyclic) bond motifs is 2. The zero-order valence-corrected chi connectivity index (χ0v) is 19.5. The van der Waals surface area contributed by atoms with Gasteiger partial charge in [0.15, 0.2) is 5.82 Å². The molecule has 1 saturated carbocycles. The van der Waals surface area contributed by atoms with Crippen LogP contribution >= 0.6 is 11.6 Å². The number of aryl methyl sites for hydroxylation is 2. The Morgan fingerprint density at radius 2 is 1.88 bits per heavy atom. The second kappa shape index (κ2) is 8.27. The van der Waals surface area contributed by atoms with Crippen LogP contribution in [0.2, 0.25) is 5.02 Å². The molecule has 170 valence electrons. The Labute approximate surface area is 192 Å². The molecule has 10 heteroatoms. The van der Waals surface area contributed by atoms with E-state index in [1.807, 2.05) is 26.0 Å². The number of rotatable bonds is 6. The Kier molecular flexibility index (Phi) is 5.44. The zero-order valence-electron chi connectivity index (χ0n) is 18.7. The predicted molar refractivity (Wildman–Crippen MR) is 122 cm³/mol. The fourth-order valence-corrected chi connectivity index (χ4v) is 5.10. The lowest BCUT2D eigenvalue weighted by molar-refractivity contribution is 0.340. The molecule has 2 unspecified atom stereocenters. The first kappa shape index (κ1) is 21.1. The number of hydrogen-bond donors (Lipinski definition) is 1. The van der Waals surface area contributed by atoms with Gasteiger partial charge in [-0.25, -0.2) is 4.68 Å². The quantitative estimate of drug-likeness (QED) is 0.572. The van der Waals surface area contributed by atoms with E-state index in [-0.39, 0.29) is 6.04 Å². The highest BCUT2D eigenvalue weighted by Crippen LogP contribution is 2.40. The van der Waals surface area contributed by atoms with Crippen LogP contribution in [0.15, 0.2) is 22.7 Å². The van der Waals surface area contributed by atoms with Crippen molar-refractivity contribution in [2.24, 2.45) is 11.8 Å². The van der Waals surface area contributed by atoms with E-state index in [0.717, 1.165) is 31.5 Å². The van der Waals surface area contributed by atoms with Gasteiger partial charge in [-0.1, -0.05) is 16.8 Å². The number of nitrogens with one attached hydrogen (secondary N) is 1. The van der Waals surface area contributed by atoms with E-state index in [1.165, 1.54) is 0 Å². The maximum absolute atomic E-state index is 6.19. The smallest absolute Gasteiger partial charge is 0.324 e. The summed E-state index contributed by atoms with van der Waals surface area (Å²) in [5, 5.41) is 12.9. The van der Waals surface area contributed by atoms with E-state index in [2.05, 4.69) is 39.2 Å². The minimum atomic E-state index is 0.104. The summed E-state index contributed by atoms with van der Waals surface area (Å²) in [6, 6.07) is 7.10. The molecule has 1 saturated heterocycles. The van der Waals surface area contributed by atoms with Crippen molar-refractivity contribution in [3.63, 3.8) is 0 Å². The first-order valence-electron chi connectivity index (χ1n) is 11.1. The lowest BCUT2D eigenvalue weighted by Crippen LogP contribution is -2.48. The third kappa shape index (κ3) is 4.13. The topological polar surface area (TPSA) is 94.1 Å². The number of anilines is 2. The van der Waals surface area contributed by atoms with Gasteiger partial charge in [0.1, 0.15) is 5.75 Å². The molecule has 0 amide bonds. The van der Waals surface area contributed by atoms with Crippen molar-refractivity contribution in [1.82, 2.24) is 24.9 Å². The molecule has 2 aliphatic rings. The fraction of sp³-hybridized carbons (Fsp3) is 0.545. The van der Waals surface area contributed by atoms with Gasteiger partial charge in [0.05, 0.1) is 6.04 Å². The minimum absolute atomic E-state index is 0.104. The first-order chi connectivity index (χ1) is 15.4. The molecule has 9 nitrogen and oxygen atoms in total. The van der Waals surface area contributed by atoms with Crippen LogP contribution in [0.25, 0.3) is 0 Å². The summed E-state index contributed by atoms with van der Waals surface area (Å²) in [7, 11) is 0. The molecule has 0 radical (unpaired) electrons. The molecule has 32 heavy (non-hydrogen) atoms. The monoisotopic (exact) mass is 457 g/mol. The number of hydrogen-bond acceptors (Lipinski definition) is 8. The third-order valence-electron chi connectivity index (χ3n) is 6.23. The molecule has 1 aromatic carbocycles. The van der Waals surface area contributed by atoms with Gasteiger partial charge >= 0.3 is 12.0 Å². The Morgan fingerprint density at radius 3 is 2.50 bits per heavy atom. The molecule has 1 aliphatic carbocycles. The molecule has 2 bridgehead atoms. The summed E-state index contributed by atoms with van der Waals surface area (Å²) in [5.41, 5.74) is 1.03. The number of ether oxygens (including phenoxy) is 1. The third-order valence-corrected chi connectivity index (χ3v) is 6.45. The van der Waals surface area contributed by atoms with Crippen LogP contribution < -0.4 is 15.0 Å². The standard InChI is InChI=1S/C22H28ClN7O2/c1-12(2)30-22(31-18-8-13(3)7-17(23)9-18)26-20(27-30)25-19-15-5-6-16(19)11-29(10-15)21-24-14(4)28-32-21/h7-9,12,15-16,19H,5-6,10-11H2,1-4H3,(H,25,27). The predicted octanol–water partition coefficient (Wildman–Crippen LogP) is 4.63. The average Bonchev–Trinajstić information content (AvgIpc) is 3.38. The SMILES string of the molecule is Cc1cc(Cl)cc(Oc2nc(NC3C4CCC3CN(c3nc(C)no3)C4)nn2C(C)C)c1. The molecule has 2 aromatic heterocycles. The van der Waals surface area contributed by atoms with Crippen molar-refractivity contribution in [3.8, 4) is 11.8 Å². The van der Waals surface area contributed by atoms with E-state index in [9.17, 15) is 0 Å². The van der Waals surface area contributed by atoms with Crippen LogP contribution in [-0.4, -0.2) is 44.0 Å². The molecule has 2 fully saturated rings. The van der Waals surface area contributed by atoms with Crippen molar-refractivity contribution in [2.75, 3.05) is 23.3 Å². The van der Waals surface area contributed by atoms with Gasteiger partial charge in [-0.2, -0.15) is 9.97 Å². The summed E-state index contributed by atoms with van der Waals surface area (Å²) in [6.45, 7) is 9.71. The summed E-state index contributed by atoms with van der Waals surface area (Å²) in [6.07, 6.45) is 2.31. The van der Waals surface area contributed by atoms with Gasteiger partial charge < -0.3 is 19.5 Å². The summed E-state index contributed by atoms with van der Waals surface area (Å²) >= 11 is 6.19. The van der Waals surface area contributed by atoms with Gasteiger partial charge in [-0.15, -0.1) is 5.10 Å². The summed E-state index contributed by atoms with van der Waals surface area (Å²) in [4.78, 5) is 11.3. The second-order valence-electron chi connectivity index (χ2n) is 9.12. The molecule has 1 aliphatic heterocycles. The molecular weight excluding hydrogens is 430 g/mol. The first-order valence-corrected chi connectivity index (χ1v) is 11.5. The van der Waals surface area contributed by atoms with Crippen LogP contribution in [-0.2, 0) is 0 Å². The van der Waals surface area contributed by atoms with E-state index in [0.29, 0.717) is 52.4 Å². The van der Waals surface area contributed by atoms with Gasteiger partial charge in [-0.05, 0) is 76.1 Å². The summed E-state index contributed by atoms with van der Waals surface area (Å²) in [5.74, 6) is 2.84. The fourth-order valence-electron chi connectivity index (χ4n) is 4.82. The highest BCUT2D eigenvalue weighted by Gasteiger charge is 2.43. The highest BCUT2D eigenvalue weighted by molar-refractivity contribution is 6.30. The molecule has 0 spiro atoms. The normalized spacial score (nSPS) is 22.6. The Balaban J connectivity index is 1.33. The highest BCUT2D eigenvalue weighted by atomic mass is 35.5. The number of piperidine rings is 1. The van der Waals surface area contributed by atoms with E-state index < -0.39 is 0 Å². The van der Waals surface area contributed by atoms with Gasteiger partial charge in [0.25, 0.3) is 0 Å². The summed E-state index contributed by atoms with van der Waals surface area (Å²) < 4.78 is 13.3.